The van der Waals surface area contributed by atoms with Gasteiger partial charge in [0.05, 0.1) is 18.3 Å². The van der Waals surface area contributed by atoms with Crippen molar-refractivity contribution in [3.63, 3.8) is 0 Å². The Bertz CT molecular complexity index is 705. The van der Waals surface area contributed by atoms with Crippen molar-refractivity contribution in [1.82, 2.24) is 9.88 Å². The minimum atomic E-state index is -0.762. The minimum Gasteiger partial charge on any atom is -0.494 e. The smallest absolute Gasteiger partial charge is 0.320 e. The number of aliphatic carboxylic acids is 1. The molecular formula is C20H24N2O3. The number of likely N-dealkylation sites (tertiary alicyclic amines) is 1. The van der Waals surface area contributed by atoms with Gasteiger partial charge in [-0.1, -0.05) is 24.6 Å². The van der Waals surface area contributed by atoms with E-state index in [0.29, 0.717) is 13.0 Å². The first kappa shape index (κ1) is 17.4. The van der Waals surface area contributed by atoms with E-state index in [1.54, 1.807) is 6.20 Å². The first-order valence-corrected chi connectivity index (χ1v) is 8.83. The van der Waals surface area contributed by atoms with E-state index in [2.05, 4.69) is 9.88 Å². The van der Waals surface area contributed by atoms with Gasteiger partial charge in [-0.3, -0.25) is 14.7 Å². The molecule has 5 heteroatoms. The largest absolute Gasteiger partial charge is 0.494 e. The van der Waals surface area contributed by atoms with Crippen molar-refractivity contribution in [1.29, 1.82) is 0 Å². The van der Waals surface area contributed by atoms with E-state index in [1.165, 1.54) is 0 Å². The fourth-order valence-electron chi connectivity index (χ4n) is 3.54. The van der Waals surface area contributed by atoms with Crippen LogP contribution >= 0.6 is 0 Å². The molecular weight excluding hydrogens is 316 g/mol. The molecule has 2 unspecified atom stereocenters. The maximum Gasteiger partial charge on any atom is 0.320 e. The molecule has 2 heterocycles. The molecule has 2 aromatic rings. The van der Waals surface area contributed by atoms with Crippen LogP contribution in [0.25, 0.3) is 0 Å². The van der Waals surface area contributed by atoms with Crippen molar-refractivity contribution in [3.05, 3.63) is 59.9 Å². The molecule has 25 heavy (non-hydrogen) atoms. The zero-order valence-electron chi connectivity index (χ0n) is 14.5. The number of nitrogens with zero attached hydrogens (tertiary/aromatic N) is 2. The van der Waals surface area contributed by atoms with E-state index >= 15 is 0 Å². The summed E-state index contributed by atoms with van der Waals surface area (Å²) in [7, 11) is 0. The normalized spacial score (nSPS) is 19.3. The van der Waals surface area contributed by atoms with Crippen LogP contribution in [0.4, 0.5) is 0 Å². The Kier molecular flexibility index (Phi) is 5.66. The summed E-state index contributed by atoms with van der Waals surface area (Å²) in [5.41, 5.74) is 1.88. The Morgan fingerprint density at radius 3 is 2.92 bits per heavy atom. The third-order valence-corrected chi connectivity index (χ3v) is 4.61. The van der Waals surface area contributed by atoms with Gasteiger partial charge in [-0.05, 0) is 56.1 Å². The molecule has 1 aromatic carbocycles. The number of rotatable bonds is 6. The van der Waals surface area contributed by atoms with Crippen molar-refractivity contribution in [2.24, 2.45) is 0 Å². The zero-order valence-corrected chi connectivity index (χ0v) is 14.5. The average Bonchev–Trinajstić information content (AvgIpc) is 2.64. The molecule has 0 radical (unpaired) electrons. The number of carbonyl (C=O) groups is 1. The van der Waals surface area contributed by atoms with Gasteiger partial charge < -0.3 is 9.84 Å². The van der Waals surface area contributed by atoms with Gasteiger partial charge in [0.2, 0.25) is 0 Å². The topological polar surface area (TPSA) is 62.7 Å². The van der Waals surface area contributed by atoms with Crippen molar-refractivity contribution in [2.45, 2.75) is 38.3 Å². The molecule has 1 fully saturated rings. The molecule has 132 valence electrons. The minimum absolute atomic E-state index is 0.192. The van der Waals surface area contributed by atoms with Crippen LogP contribution in [0, 0.1) is 0 Å². The van der Waals surface area contributed by atoms with Gasteiger partial charge in [0.1, 0.15) is 11.8 Å². The number of hydrogen-bond donors (Lipinski definition) is 1. The number of ether oxygens (including phenoxy) is 1. The highest BCUT2D eigenvalue weighted by atomic mass is 16.5. The van der Waals surface area contributed by atoms with Crippen LogP contribution in [0.1, 0.15) is 43.5 Å². The zero-order chi connectivity index (χ0) is 17.6. The highest BCUT2D eigenvalue weighted by Gasteiger charge is 2.35. The first-order chi connectivity index (χ1) is 12.2. The molecule has 0 saturated carbocycles. The van der Waals surface area contributed by atoms with Gasteiger partial charge in [-0.15, -0.1) is 0 Å². The van der Waals surface area contributed by atoms with Gasteiger partial charge in [0.25, 0.3) is 0 Å². The summed E-state index contributed by atoms with van der Waals surface area (Å²) in [6, 6.07) is 13.0. The molecule has 1 saturated heterocycles. The number of piperidine rings is 1. The standard InChI is InChI=1S/C20H24N2O3/c1-2-25-16-9-7-8-15(14-16)19(17-10-3-5-12-21-17)22-13-6-4-11-18(22)20(23)24/h3,5,7-10,12,14,18-19H,2,4,6,11,13H2,1H3,(H,23,24). The van der Waals surface area contributed by atoms with Crippen LogP contribution in [0.2, 0.25) is 0 Å². The fraction of sp³-hybridized carbons (Fsp3) is 0.400. The van der Waals surface area contributed by atoms with Crippen molar-refractivity contribution in [3.8, 4) is 5.75 Å². The fourth-order valence-corrected chi connectivity index (χ4v) is 3.54. The van der Waals surface area contributed by atoms with Crippen LogP contribution < -0.4 is 4.74 Å². The van der Waals surface area contributed by atoms with E-state index in [0.717, 1.165) is 36.4 Å². The maximum atomic E-state index is 11.8. The second-order valence-corrected chi connectivity index (χ2v) is 6.25. The van der Waals surface area contributed by atoms with Crippen molar-refractivity contribution < 1.29 is 14.6 Å². The molecule has 1 aliphatic heterocycles. The van der Waals surface area contributed by atoms with Gasteiger partial charge in [-0.2, -0.15) is 0 Å². The van der Waals surface area contributed by atoms with Crippen LogP contribution in [0.15, 0.2) is 48.7 Å². The van der Waals surface area contributed by atoms with Crippen LogP contribution in [0.5, 0.6) is 5.75 Å². The van der Waals surface area contributed by atoms with E-state index in [-0.39, 0.29) is 6.04 Å². The van der Waals surface area contributed by atoms with Gasteiger partial charge in [-0.25, -0.2) is 0 Å². The Balaban J connectivity index is 2.04. The lowest BCUT2D eigenvalue weighted by molar-refractivity contribution is -0.145. The number of aromatic nitrogens is 1. The Labute approximate surface area is 148 Å². The van der Waals surface area contributed by atoms with Gasteiger partial charge >= 0.3 is 5.97 Å². The third kappa shape index (κ3) is 3.99. The molecule has 1 N–H and O–H groups in total. The second-order valence-electron chi connectivity index (χ2n) is 6.25. The lowest BCUT2D eigenvalue weighted by atomic mass is 9.94. The molecule has 5 nitrogen and oxygen atoms in total. The van der Waals surface area contributed by atoms with Gasteiger partial charge in [0, 0.05) is 6.20 Å². The Morgan fingerprint density at radius 2 is 2.20 bits per heavy atom. The number of carboxylic acid groups (broad SMARTS) is 1. The Hall–Kier alpha value is -2.40. The molecule has 0 bridgehead atoms. The van der Waals surface area contributed by atoms with E-state index in [1.807, 2.05) is 49.4 Å². The van der Waals surface area contributed by atoms with E-state index in [4.69, 9.17) is 4.74 Å². The summed E-state index contributed by atoms with van der Waals surface area (Å²) in [5.74, 6) is 0.0337. The van der Waals surface area contributed by atoms with E-state index in [9.17, 15) is 9.90 Å². The molecule has 1 aromatic heterocycles. The molecule has 0 aliphatic carbocycles. The number of carboxylic acids is 1. The van der Waals surface area contributed by atoms with E-state index < -0.39 is 12.0 Å². The van der Waals surface area contributed by atoms with Crippen LogP contribution in [0.3, 0.4) is 0 Å². The van der Waals surface area contributed by atoms with Crippen molar-refractivity contribution >= 4 is 5.97 Å². The average molecular weight is 340 g/mol. The predicted octanol–water partition coefficient (Wildman–Crippen LogP) is 3.51. The summed E-state index contributed by atoms with van der Waals surface area (Å²) >= 11 is 0. The predicted molar refractivity (Wildman–Crippen MR) is 95.7 cm³/mol. The van der Waals surface area contributed by atoms with Crippen molar-refractivity contribution in [2.75, 3.05) is 13.2 Å². The molecule has 3 rings (SSSR count). The summed E-state index contributed by atoms with van der Waals surface area (Å²) in [4.78, 5) is 18.4. The summed E-state index contributed by atoms with van der Waals surface area (Å²) in [6.07, 6.45) is 4.37. The lowest BCUT2D eigenvalue weighted by Gasteiger charge is -2.39. The first-order valence-electron chi connectivity index (χ1n) is 8.83. The monoisotopic (exact) mass is 340 g/mol. The van der Waals surface area contributed by atoms with Crippen LogP contribution in [-0.2, 0) is 4.79 Å². The second kappa shape index (κ2) is 8.12. The Morgan fingerprint density at radius 1 is 1.32 bits per heavy atom. The maximum absolute atomic E-state index is 11.8. The lowest BCUT2D eigenvalue weighted by Crippen LogP contribution is -2.47. The quantitative estimate of drug-likeness (QED) is 0.872. The summed E-state index contributed by atoms with van der Waals surface area (Å²) in [6.45, 7) is 3.30. The molecule has 0 amide bonds. The van der Waals surface area contributed by atoms with Gasteiger partial charge in [0.15, 0.2) is 0 Å². The number of pyridine rings is 1. The summed E-state index contributed by atoms with van der Waals surface area (Å²) in [5, 5.41) is 9.70. The number of benzene rings is 1. The third-order valence-electron chi connectivity index (χ3n) is 4.61. The molecule has 2 atom stereocenters. The molecule has 1 aliphatic rings. The highest BCUT2D eigenvalue weighted by Crippen LogP contribution is 2.34. The summed E-state index contributed by atoms with van der Waals surface area (Å²) < 4.78 is 5.64. The molecule has 0 spiro atoms. The number of hydrogen-bond acceptors (Lipinski definition) is 4. The SMILES string of the molecule is CCOc1cccc(C(c2ccccn2)N2CCCCC2C(=O)O)c1. The van der Waals surface area contributed by atoms with Crippen LogP contribution in [-0.4, -0.2) is 40.2 Å². The highest BCUT2D eigenvalue weighted by molar-refractivity contribution is 5.73.